The highest BCUT2D eigenvalue weighted by atomic mass is 16.1. The Labute approximate surface area is 73.2 Å². The average Bonchev–Trinajstić information content (AvgIpc) is 2.18. The molecule has 0 aromatic rings. The number of hydrogen-bond acceptors (Lipinski definition) is 1. The van der Waals surface area contributed by atoms with Crippen molar-refractivity contribution in [3.05, 3.63) is 24.3 Å². The van der Waals surface area contributed by atoms with Crippen molar-refractivity contribution < 1.29 is 4.79 Å². The summed E-state index contributed by atoms with van der Waals surface area (Å²) < 4.78 is 0. The zero-order valence-corrected chi connectivity index (χ0v) is 7.63. The van der Waals surface area contributed by atoms with Crippen LogP contribution in [0.15, 0.2) is 24.3 Å². The van der Waals surface area contributed by atoms with Crippen LogP contribution in [0.4, 0.5) is 0 Å². The van der Waals surface area contributed by atoms with Crippen molar-refractivity contribution in [2.45, 2.75) is 26.7 Å². The van der Waals surface area contributed by atoms with Gasteiger partial charge in [-0.05, 0) is 0 Å². The second-order valence-corrected chi connectivity index (χ2v) is 4.45. The van der Waals surface area contributed by atoms with Gasteiger partial charge in [-0.2, -0.15) is 0 Å². The quantitative estimate of drug-likeness (QED) is 0.535. The Morgan fingerprint density at radius 1 is 1.08 bits per heavy atom. The predicted octanol–water partition coefficient (Wildman–Crippen LogP) is 2.49. The molecule has 2 aliphatic rings. The molecule has 0 saturated heterocycles. The van der Waals surface area contributed by atoms with Gasteiger partial charge < -0.3 is 0 Å². The van der Waals surface area contributed by atoms with Crippen LogP contribution in [-0.4, -0.2) is 5.78 Å². The zero-order valence-electron chi connectivity index (χ0n) is 7.63. The summed E-state index contributed by atoms with van der Waals surface area (Å²) >= 11 is 0. The van der Waals surface area contributed by atoms with Gasteiger partial charge in [0.25, 0.3) is 0 Å². The van der Waals surface area contributed by atoms with Crippen molar-refractivity contribution in [1.82, 2.24) is 0 Å². The van der Waals surface area contributed by atoms with E-state index in [4.69, 9.17) is 0 Å². The summed E-state index contributed by atoms with van der Waals surface area (Å²) in [6, 6.07) is 0. The summed E-state index contributed by atoms with van der Waals surface area (Å²) in [5.41, 5.74) is 0.164. The van der Waals surface area contributed by atoms with Crippen LogP contribution in [0.3, 0.4) is 0 Å². The smallest absolute Gasteiger partial charge is 0.134 e. The fourth-order valence-electron chi connectivity index (χ4n) is 2.32. The molecule has 2 rings (SSSR count). The third kappa shape index (κ3) is 0.825. The molecule has 2 atom stereocenters. The lowest BCUT2D eigenvalue weighted by molar-refractivity contribution is -0.118. The maximum absolute atomic E-state index is 11.4. The van der Waals surface area contributed by atoms with E-state index in [0.29, 0.717) is 18.6 Å². The summed E-state index contributed by atoms with van der Waals surface area (Å²) in [6.07, 6.45) is 9.89. The van der Waals surface area contributed by atoms with Crippen LogP contribution >= 0.6 is 0 Å². The van der Waals surface area contributed by atoms with Crippen molar-refractivity contribution in [3.63, 3.8) is 0 Å². The van der Waals surface area contributed by atoms with Crippen LogP contribution in [-0.2, 0) is 4.79 Å². The maximum Gasteiger partial charge on any atom is 0.134 e. The Morgan fingerprint density at radius 2 is 1.50 bits per heavy atom. The number of carbonyl (C=O) groups is 1. The summed E-state index contributed by atoms with van der Waals surface area (Å²) in [6.45, 7) is 4.36. The molecule has 1 fully saturated rings. The first kappa shape index (κ1) is 7.78. The molecule has 12 heavy (non-hydrogen) atoms. The van der Waals surface area contributed by atoms with Crippen molar-refractivity contribution in [3.8, 4) is 0 Å². The van der Waals surface area contributed by atoms with Gasteiger partial charge in [0, 0.05) is 23.7 Å². The molecule has 0 heterocycles. The molecule has 0 bridgehead atoms. The van der Waals surface area contributed by atoms with Gasteiger partial charge in [0.1, 0.15) is 5.78 Å². The van der Waals surface area contributed by atoms with E-state index in [1.165, 1.54) is 0 Å². The van der Waals surface area contributed by atoms with Gasteiger partial charge in [-0.15, -0.1) is 0 Å². The lowest BCUT2D eigenvalue weighted by Crippen LogP contribution is -2.29. The number of carbonyl (C=O) groups excluding carboxylic acids is 1. The first-order valence-electron chi connectivity index (χ1n) is 4.45. The van der Waals surface area contributed by atoms with Crippen molar-refractivity contribution in [1.29, 1.82) is 0 Å². The van der Waals surface area contributed by atoms with Crippen molar-refractivity contribution >= 4 is 5.78 Å². The van der Waals surface area contributed by atoms with Crippen LogP contribution in [0.5, 0.6) is 0 Å². The first-order chi connectivity index (χ1) is 5.56. The Bertz CT molecular complexity index is 259. The van der Waals surface area contributed by atoms with Crippen LogP contribution in [0, 0.1) is 10.8 Å². The number of Topliss-reactive ketones (excluding diaryl/α,β-unsaturated/α-hetero) is 1. The van der Waals surface area contributed by atoms with Gasteiger partial charge in [-0.3, -0.25) is 4.79 Å². The van der Waals surface area contributed by atoms with E-state index in [1.54, 1.807) is 0 Å². The topological polar surface area (TPSA) is 17.1 Å². The molecule has 1 nitrogen and oxygen atoms in total. The molecule has 0 aliphatic heterocycles. The maximum atomic E-state index is 11.4. The Hall–Kier alpha value is -0.850. The van der Waals surface area contributed by atoms with Gasteiger partial charge in [0.05, 0.1) is 0 Å². The number of fused-ring (bicyclic) bond motifs is 1. The average molecular weight is 162 g/mol. The molecule has 2 aliphatic carbocycles. The summed E-state index contributed by atoms with van der Waals surface area (Å²) in [4.78, 5) is 11.4. The van der Waals surface area contributed by atoms with E-state index >= 15 is 0 Å². The minimum Gasteiger partial charge on any atom is -0.300 e. The summed E-state index contributed by atoms with van der Waals surface area (Å²) in [5, 5.41) is 0. The molecule has 0 aromatic carbocycles. The second-order valence-electron chi connectivity index (χ2n) is 4.45. The van der Waals surface area contributed by atoms with E-state index in [2.05, 4.69) is 38.2 Å². The van der Waals surface area contributed by atoms with Gasteiger partial charge in [0.15, 0.2) is 0 Å². The van der Waals surface area contributed by atoms with Gasteiger partial charge in [-0.25, -0.2) is 0 Å². The van der Waals surface area contributed by atoms with E-state index in [1.807, 2.05) is 0 Å². The molecule has 64 valence electrons. The fraction of sp³-hybridized carbons (Fsp3) is 0.545. The molecular weight excluding hydrogens is 148 g/mol. The molecule has 0 amide bonds. The SMILES string of the molecule is CC12C=CC=CC1(C)CC(=O)C2. The Kier molecular flexibility index (Phi) is 1.36. The van der Waals surface area contributed by atoms with Gasteiger partial charge in [-0.1, -0.05) is 38.2 Å². The van der Waals surface area contributed by atoms with E-state index in [9.17, 15) is 4.79 Å². The summed E-state index contributed by atoms with van der Waals surface area (Å²) in [7, 11) is 0. The van der Waals surface area contributed by atoms with E-state index in [-0.39, 0.29) is 10.8 Å². The third-order valence-corrected chi connectivity index (χ3v) is 3.47. The number of allylic oxidation sites excluding steroid dienone is 4. The minimum absolute atomic E-state index is 0.0822. The standard InChI is InChI=1S/C11H14O/c1-10-5-3-4-6-11(10,2)8-9(12)7-10/h3-6H,7-8H2,1-2H3. The van der Waals surface area contributed by atoms with Crippen molar-refractivity contribution in [2.24, 2.45) is 10.8 Å². The largest absolute Gasteiger partial charge is 0.300 e. The van der Waals surface area contributed by atoms with E-state index < -0.39 is 0 Å². The highest BCUT2D eigenvalue weighted by Crippen LogP contribution is 2.54. The second kappa shape index (κ2) is 2.09. The summed E-state index contributed by atoms with van der Waals surface area (Å²) in [5.74, 6) is 0.399. The van der Waals surface area contributed by atoms with Gasteiger partial charge in [0.2, 0.25) is 0 Å². The number of rotatable bonds is 0. The van der Waals surface area contributed by atoms with Gasteiger partial charge >= 0.3 is 0 Å². The van der Waals surface area contributed by atoms with E-state index in [0.717, 1.165) is 0 Å². The lowest BCUT2D eigenvalue weighted by Gasteiger charge is -2.37. The zero-order chi connectivity index (χ0) is 8.82. The monoisotopic (exact) mass is 162 g/mol. The highest BCUT2D eigenvalue weighted by molar-refractivity contribution is 5.84. The Morgan fingerprint density at radius 3 is 1.92 bits per heavy atom. The van der Waals surface area contributed by atoms with Crippen LogP contribution in [0.2, 0.25) is 0 Å². The first-order valence-corrected chi connectivity index (χ1v) is 4.45. The highest BCUT2D eigenvalue weighted by Gasteiger charge is 2.49. The lowest BCUT2D eigenvalue weighted by atomic mass is 9.66. The van der Waals surface area contributed by atoms with Crippen LogP contribution < -0.4 is 0 Å². The molecule has 0 aromatic heterocycles. The minimum atomic E-state index is 0.0822. The molecule has 0 spiro atoms. The van der Waals surface area contributed by atoms with Crippen molar-refractivity contribution in [2.75, 3.05) is 0 Å². The molecular formula is C11H14O. The number of ketones is 1. The van der Waals surface area contributed by atoms with Crippen LogP contribution in [0.25, 0.3) is 0 Å². The molecule has 1 saturated carbocycles. The fourth-order valence-corrected chi connectivity index (χ4v) is 2.32. The Balaban J connectivity index is 2.46. The molecule has 0 radical (unpaired) electrons. The molecule has 0 N–H and O–H groups in total. The number of hydrogen-bond donors (Lipinski definition) is 0. The van der Waals surface area contributed by atoms with Crippen LogP contribution in [0.1, 0.15) is 26.7 Å². The normalized spacial score (nSPS) is 45.0. The third-order valence-electron chi connectivity index (χ3n) is 3.47. The molecule has 1 heteroatoms. The predicted molar refractivity (Wildman–Crippen MR) is 48.7 cm³/mol. The molecule has 2 unspecified atom stereocenters.